The van der Waals surface area contributed by atoms with Crippen LogP contribution in [0.1, 0.15) is 41.6 Å². The monoisotopic (exact) mass is 281 g/mol. The van der Waals surface area contributed by atoms with Crippen LogP contribution in [-0.4, -0.2) is 40.3 Å². The Labute approximate surface area is 117 Å². The minimum atomic E-state index is -1.07. The summed E-state index contributed by atoms with van der Waals surface area (Å²) < 4.78 is 13.7. The largest absolute Gasteiger partial charge is 0.478 e. The third kappa shape index (κ3) is 3.55. The van der Waals surface area contributed by atoms with Crippen molar-refractivity contribution in [3.8, 4) is 0 Å². The van der Waals surface area contributed by atoms with Gasteiger partial charge in [0.15, 0.2) is 0 Å². The second kappa shape index (κ2) is 5.89. The summed E-state index contributed by atoms with van der Waals surface area (Å²) in [4.78, 5) is 12.7. The molecule has 0 unspecified atom stereocenters. The summed E-state index contributed by atoms with van der Waals surface area (Å²) in [5, 5.41) is 19.3. The molecule has 0 heterocycles. The number of aliphatic hydroxyl groups is 1. The zero-order valence-corrected chi connectivity index (χ0v) is 11.6. The number of nitrogens with zero attached hydrogens (tertiary/aromatic N) is 1. The van der Waals surface area contributed by atoms with Crippen molar-refractivity contribution in [2.24, 2.45) is 0 Å². The Balaban J connectivity index is 2.05. The zero-order chi connectivity index (χ0) is 14.8. The molecule has 0 aromatic heterocycles. The van der Waals surface area contributed by atoms with Gasteiger partial charge in [0, 0.05) is 18.7 Å². The second-order valence-electron chi connectivity index (χ2n) is 5.72. The van der Waals surface area contributed by atoms with Crippen molar-refractivity contribution in [2.75, 3.05) is 13.6 Å². The van der Waals surface area contributed by atoms with E-state index in [0.29, 0.717) is 12.1 Å². The fourth-order valence-electron chi connectivity index (χ4n) is 2.87. The zero-order valence-electron chi connectivity index (χ0n) is 11.6. The van der Waals surface area contributed by atoms with Gasteiger partial charge in [-0.2, -0.15) is 0 Å². The van der Waals surface area contributed by atoms with Crippen LogP contribution in [-0.2, 0) is 6.54 Å². The molecule has 0 atom stereocenters. The van der Waals surface area contributed by atoms with E-state index in [1.807, 2.05) is 11.9 Å². The summed E-state index contributed by atoms with van der Waals surface area (Å²) in [6.45, 7) is 0.763. The van der Waals surface area contributed by atoms with E-state index >= 15 is 0 Å². The van der Waals surface area contributed by atoms with Gasteiger partial charge in [-0.1, -0.05) is 12.8 Å². The second-order valence-corrected chi connectivity index (χ2v) is 5.72. The maximum atomic E-state index is 13.7. The molecular formula is C15H20FNO3. The van der Waals surface area contributed by atoms with Crippen LogP contribution < -0.4 is 0 Å². The van der Waals surface area contributed by atoms with Gasteiger partial charge >= 0.3 is 5.97 Å². The quantitative estimate of drug-likeness (QED) is 0.869. The number of hydrogen-bond donors (Lipinski definition) is 2. The first kappa shape index (κ1) is 14.9. The Hall–Kier alpha value is -1.46. The summed E-state index contributed by atoms with van der Waals surface area (Å²) >= 11 is 0. The van der Waals surface area contributed by atoms with E-state index in [1.165, 1.54) is 18.2 Å². The van der Waals surface area contributed by atoms with Crippen molar-refractivity contribution in [3.05, 3.63) is 35.1 Å². The molecule has 1 aromatic carbocycles. The number of aromatic carboxylic acids is 1. The lowest BCUT2D eigenvalue weighted by Gasteiger charge is -2.28. The fourth-order valence-corrected chi connectivity index (χ4v) is 2.87. The van der Waals surface area contributed by atoms with Crippen molar-refractivity contribution in [3.63, 3.8) is 0 Å². The van der Waals surface area contributed by atoms with Gasteiger partial charge in [-0.3, -0.25) is 4.90 Å². The van der Waals surface area contributed by atoms with Crippen molar-refractivity contribution in [1.82, 2.24) is 4.90 Å². The number of halogens is 1. The van der Waals surface area contributed by atoms with Gasteiger partial charge in [-0.25, -0.2) is 9.18 Å². The van der Waals surface area contributed by atoms with Crippen molar-refractivity contribution < 1.29 is 19.4 Å². The highest BCUT2D eigenvalue weighted by Gasteiger charge is 2.32. The molecule has 1 aliphatic carbocycles. The molecule has 1 aromatic rings. The summed E-state index contributed by atoms with van der Waals surface area (Å²) in [5.41, 5.74) is -0.265. The average Bonchev–Trinajstić information content (AvgIpc) is 2.78. The molecule has 1 fully saturated rings. The minimum absolute atomic E-state index is 0.0781. The van der Waals surface area contributed by atoms with Gasteiger partial charge in [-0.05, 0) is 38.1 Å². The van der Waals surface area contributed by atoms with Crippen LogP contribution in [0.15, 0.2) is 18.2 Å². The minimum Gasteiger partial charge on any atom is -0.478 e. The lowest BCUT2D eigenvalue weighted by atomic mass is 10.0. The van der Waals surface area contributed by atoms with Crippen LogP contribution in [0, 0.1) is 5.82 Å². The molecule has 0 bridgehead atoms. The van der Waals surface area contributed by atoms with Gasteiger partial charge in [0.2, 0.25) is 0 Å². The van der Waals surface area contributed by atoms with E-state index in [9.17, 15) is 14.3 Å². The van der Waals surface area contributed by atoms with Gasteiger partial charge < -0.3 is 10.2 Å². The predicted octanol–water partition coefficient (Wildman–Crippen LogP) is 2.26. The van der Waals surface area contributed by atoms with Gasteiger partial charge in [0.25, 0.3) is 0 Å². The Morgan fingerprint density at radius 1 is 1.40 bits per heavy atom. The average molecular weight is 281 g/mol. The van der Waals surface area contributed by atoms with Gasteiger partial charge in [0.05, 0.1) is 11.2 Å². The molecule has 0 radical (unpaired) electrons. The van der Waals surface area contributed by atoms with Crippen molar-refractivity contribution in [2.45, 2.75) is 37.8 Å². The summed E-state index contributed by atoms with van der Waals surface area (Å²) in [6.07, 6.45) is 3.59. The maximum Gasteiger partial charge on any atom is 0.335 e. The smallest absolute Gasteiger partial charge is 0.335 e. The fraction of sp³-hybridized carbons (Fsp3) is 0.533. The molecule has 1 saturated carbocycles. The first-order valence-electron chi connectivity index (χ1n) is 6.82. The Morgan fingerprint density at radius 3 is 2.65 bits per heavy atom. The Morgan fingerprint density at radius 2 is 2.05 bits per heavy atom. The highest BCUT2D eigenvalue weighted by atomic mass is 19.1. The highest BCUT2D eigenvalue weighted by Crippen LogP contribution is 2.30. The molecule has 2 rings (SSSR count). The van der Waals surface area contributed by atoms with E-state index in [1.54, 1.807) is 0 Å². The first-order valence-corrected chi connectivity index (χ1v) is 6.82. The molecule has 20 heavy (non-hydrogen) atoms. The number of benzene rings is 1. The van der Waals surface area contributed by atoms with Crippen LogP contribution >= 0.6 is 0 Å². The van der Waals surface area contributed by atoms with Crippen LogP contribution in [0.3, 0.4) is 0 Å². The van der Waals surface area contributed by atoms with Crippen LogP contribution in [0.25, 0.3) is 0 Å². The highest BCUT2D eigenvalue weighted by molar-refractivity contribution is 5.87. The molecule has 0 aliphatic heterocycles. The lowest BCUT2D eigenvalue weighted by molar-refractivity contribution is 0.0142. The van der Waals surface area contributed by atoms with Crippen LogP contribution in [0.2, 0.25) is 0 Å². The topological polar surface area (TPSA) is 60.8 Å². The van der Waals surface area contributed by atoms with E-state index in [4.69, 9.17) is 5.11 Å². The number of hydrogen-bond acceptors (Lipinski definition) is 3. The summed E-state index contributed by atoms with van der Waals surface area (Å²) in [6, 6.07) is 3.79. The van der Waals surface area contributed by atoms with E-state index in [0.717, 1.165) is 25.7 Å². The molecule has 0 spiro atoms. The van der Waals surface area contributed by atoms with Crippen LogP contribution in [0.5, 0.6) is 0 Å². The van der Waals surface area contributed by atoms with Gasteiger partial charge in [0.1, 0.15) is 5.82 Å². The number of carboxylic acid groups (broad SMARTS) is 1. The number of carboxylic acids is 1. The van der Waals surface area contributed by atoms with Crippen LogP contribution in [0.4, 0.5) is 4.39 Å². The third-order valence-corrected chi connectivity index (χ3v) is 3.83. The third-order valence-electron chi connectivity index (χ3n) is 3.83. The summed E-state index contributed by atoms with van der Waals surface area (Å²) in [7, 11) is 1.81. The molecule has 110 valence electrons. The standard InChI is InChI=1S/C15H20FNO3/c1-17(10-15(20)6-2-3-7-15)9-12-8-11(14(18)19)4-5-13(12)16/h4-5,8,20H,2-3,6-7,9-10H2,1H3,(H,18,19). The first-order chi connectivity index (χ1) is 9.39. The number of likely N-dealkylation sites (N-methyl/N-ethyl adjacent to an activating group) is 1. The molecule has 0 saturated heterocycles. The van der Waals surface area contributed by atoms with Crippen molar-refractivity contribution in [1.29, 1.82) is 0 Å². The molecule has 2 N–H and O–H groups in total. The van der Waals surface area contributed by atoms with E-state index in [-0.39, 0.29) is 12.1 Å². The molecule has 4 nitrogen and oxygen atoms in total. The van der Waals surface area contributed by atoms with Crippen molar-refractivity contribution >= 4 is 5.97 Å². The number of carbonyl (C=O) groups is 1. The predicted molar refractivity (Wildman–Crippen MR) is 73.1 cm³/mol. The SMILES string of the molecule is CN(Cc1cc(C(=O)O)ccc1F)CC1(O)CCCC1. The van der Waals surface area contributed by atoms with E-state index < -0.39 is 17.4 Å². The molecular weight excluding hydrogens is 261 g/mol. The van der Waals surface area contributed by atoms with Gasteiger partial charge in [-0.15, -0.1) is 0 Å². The molecule has 0 amide bonds. The maximum absolute atomic E-state index is 13.7. The summed E-state index contributed by atoms with van der Waals surface area (Å²) in [5.74, 6) is -1.48. The number of rotatable bonds is 5. The molecule has 5 heteroatoms. The Kier molecular flexibility index (Phi) is 4.40. The lowest BCUT2D eigenvalue weighted by Crippen LogP contribution is -2.38. The Bertz CT molecular complexity index is 498. The normalized spacial score (nSPS) is 17.6. The molecule has 1 aliphatic rings. The van der Waals surface area contributed by atoms with E-state index in [2.05, 4.69) is 0 Å².